The van der Waals surface area contributed by atoms with Crippen LogP contribution >= 0.6 is 15.9 Å². The lowest BCUT2D eigenvalue weighted by molar-refractivity contribution is 0.302. The molecule has 0 spiro atoms. The molecule has 0 aliphatic carbocycles. The lowest BCUT2D eigenvalue weighted by Crippen LogP contribution is -2.13. The summed E-state index contributed by atoms with van der Waals surface area (Å²) >= 11 is 3.55. The molecule has 0 aliphatic heterocycles. The van der Waals surface area contributed by atoms with E-state index in [0.29, 0.717) is 6.61 Å². The molecule has 0 radical (unpaired) electrons. The molecule has 0 saturated carbocycles. The third-order valence-electron chi connectivity index (χ3n) is 3.89. The predicted octanol–water partition coefficient (Wildman–Crippen LogP) is 5.02. The minimum absolute atomic E-state index is 0.570. The maximum absolute atomic E-state index is 6.07. The van der Waals surface area contributed by atoms with Crippen LogP contribution in [0.1, 0.15) is 22.3 Å². The summed E-state index contributed by atoms with van der Waals surface area (Å²) in [7, 11) is 0. The Balaban J connectivity index is 1.63. The van der Waals surface area contributed by atoms with E-state index in [9.17, 15) is 0 Å². The monoisotopic (exact) mass is 396 g/mol. The first-order chi connectivity index (χ1) is 12.2. The molecular weight excluding hydrogens is 376 g/mol. The van der Waals surface area contributed by atoms with Gasteiger partial charge in [-0.2, -0.15) is 0 Å². The van der Waals surface area contributed by atoms with E-state index in [2.05, 4.69) is 63.5 Å². The lowest BCUT2D eigenvalue weighted by Gasteiger charge is -2.13. The maximum atomic E-state index is 6.07. The van der Waals surface area contributed by atoms with Gasteiger partial charge in [0.15, 0.2) is 0 Å². The van der Waals surface area contributed by atoms with Gasteiger partial charge in [0.05, 0.1) is 0 Å². The Morgan fingerprint density at radius 1 is 0.960 bits per heavy atom. The molecule has 3 aromatic rings. The van der Waals surface area contributed by atoms with Crippen molar-refractivity contribution in [2.75, 3.05) is 0 Å². The number of aromatic nitrogens is 1. The molecule has 0 aliphatic rings. The van der Waals surface area contributed by atoms with Crippen LogP contribution in [-0.2, 0) is 19.7 Å². The van der Waals surface area contributed by atoms with Gasteiger partial charge >= 0.3 is 0 Å². The van der Waals surface area contributed by atoms with E-state index in [4.69, 9.17) is 4.74 Å². The first-order valence-corrected chi connectivity index (χ1v) is 9.06. The van der Waals surface area contributed by atoms with Crippen LogP contribution in [0, 0.1) is 6.92 Å². The number of halogens is 1. The summed E-state index contributed by atoms with van der Waals surface area (Å²) in [5, 5.41) is 3.46. The first-order valence-electron chi connectivity index (χ1n) is 8.27. The van der Waals surface area contributed by atoms with Crippen LogP contribution in [-0.4, -0.2) is 4.98 Å². The molecule has 0 bridgehead atoms. The standard InChI is InChI=1S/C21H21BrN2O/c1-16-3-2-4-18(11-16)15-25-21-6-5-20(22)12-19(21)14-24-13-17-7-9-23-10-8-17/h2-12,24H,13-15H2,1H3. The van der Waals surface area contributed by atoms with Crippen LogP contribution < -0.4 is 10.1 Å². The molecule has 1 aromatic heterocycles. The molecule has 25 heavy (non-hydrogen) atoms. The number of hydrogen-bond donors (Lipinski definition) is 1. The molecule has 1 heterocycles. The molecule has 2 aromatic carbocycles. The highest BCUT2D eigenvalue weighted by atomic mass is 79.9. The van der Waals surface area contributed by atoms with Crippen LogP contribution in [0.5, 0.6) is 5.75 Å². The molecule has 0 atom stereocenters. The molecule has 0 unspecified atom stereocenters. The fourth-order valence-electron chi connectivity index (χ4n) is 2.63. The van der Waals surface area contributed by atoms with Crippen LogP contribution in [0.15, 0.2) is 71.5 Å². The van der Waals surface area contributed by atoms with Crippen LogP contribution in [0.3, 0.4) is 0 Å². The first kappa shape index (κ1) is 17.6. The van der Waals surface area contributed by atoms with Crippen molar-refractivity contribution >= 4 is 15.9 Å². The van der Waals surface area contributed by atoms with Crippen LogP contribution in [0.4, 0.5) is 0 Å². The molecular formula is C21H21BrN2O. The Kier molecular flexibility index (Phi) is 6.20. The molecule has 0 saturated heterocycles. The van der Waals surface area contributed by atoms with Crippen molar-refractivity contribution in [2.24, 2.45) is 0 Å². The van der Waals surface area contributed by atoms with Crippen molar-refractivity contribution in [1.29, 1.82) is 0 Å². The summed E-state index contributed by atoms with van der Waals surface area (Å²) in [4.78, 5) is 4.04. The summed E-state index contributed by atoms with van der Waals surface area (Å²) in [6, 6.07) is 18.6. The number of nitrogens with one attached hydrogen (secondary N) is 1. The van der Waals surface area contributed by atoms with Crippen molar-refractivity contribution < 1.29 is 4.74 Å². The Bertz CT molecular complexity index is 821. The molecule has 3 rings (SSSR count). The van der Waals surface area contributed by atoms with Gasteiger partial charge in [-0.3, -0.25) is 4.98 Å². The summed E-state index contributed by atoms with van der Waals surface area (Å²) in [6.07, 6.45) is 3.62. The fourth-order valence-corrected chi connectivity index (χ4v) is 3.04. The highest BCUT2D eigenvalue weighted by Crippen LogP contribution is 2.24. The molecule has 1 N–H and O–H groups in total. The Morgan fingerprint density at radius 2 is 1.80 bits per heavy atom. The zero-order chi connectivity index (χ0) is 17.5. The van der Waals surface area contributed by atoms with Crippen molar-refractivity contribution in [2.45, 2.75) is 26.6 Å². The highest BCUT2D eigenvalue weighted by molar-refractivity contribution is 9.10. The third kappa shape index (κ3) is 5.41. The van der Waals surface area contributed by atoms with Crippen molar-refractivity contribution in [3.05, 3.63) is 93.7 Å². The lowest BCUT2D eigenvalue weighted by atomic mass is 10.1. The Hall–Kier alpha value is -2.17. The predicted molar refractivity (Wildman–Crippen MR) is 104 cm³/mol. The van der Waals surface area contributed by atoms with E-state index in [-0.39, 0.29) is 0 Å². The average molecular weight is 397 g/mol. The van der Waals surface area contributed by atoms with E-state index in [1.165, 1.54) is 16.7 Å². The zero-order valence-electron chi connectivity index (χ0n) is 14.2. The molecule has 128 valence electrons. The minimum atomic E-state index is 0.570. The largest absolute Gasteiger partial charge is 0.489 e. The zero-order valence-corrected chi connectivity index (χ0v) is 15.8. The summed E-state index contributed by atoms with van der Waals surface area (Å²) in [5.74, 6) is 0.909. The van der Waals surface area contributed by atoms with Crippen molar-refractivity contribution in [3.8, 4) is 5.75 Å². The maximum Gasteiger partial charge on any atom is 0.124 e. The van der Waals surface area contributed by atoms with Gasteiger partial charge in [0.2, 0.25) is 0 Å². The number of aryl methyl sites for hydroxylation is 1. The summed E-state index contributed by atoms with van der Waals surface area (Å²) in [5.41, 5.74) is 4.78. The van der Waals surface area contributed by atoms with Gasteiger partial charge in [-0.25, -0.2) is 0 Å². The third-order valence-corrected chi connectivity index (χ3v) is 4.39. The number of pyridine rings is 1. The molecule has 4 heteroatoms. The number of rotatable bonds is 7. The van der Waals surface area contributed by atoms with Gasteiger partial charge in [-0.05, 0) is 48.4 Å². The van der Waals surface area contributed by atoms with E-state index in [1.807, 2.05) is 36.7 Å². The Morgan fingerprint density at radius 3 is 2.60 bits per heavy atom. The Labute approximate surface area is 157 Å². The number of nitrogens with zero attached hydrogens (tertiary/aromatic N) is 1. The molecule has 0 fully saturated rings. The smallest absolute Gasteiger partial charge is 0.124 e. The normalized spacial score (nSPS) is 10.6. The van der Waals surface area contributed by atoms with Gasteiger partial charge in [0, 0.05) is 35.5 Å². The fraction of sp³-hybridized carbons (Fsp3) is 0.190. The van der Waals surface area contributed by atoms with Crippen LogP contribution in [0.2, 0.25) is 0 Å². The van der Waals surface area contributed by atoms with Gasteiger partial charge in [0.25, 0.3) is 0 Å². The molecule has 3 nitrogen and oxygen atoms in total. The van der Waals surface area contributed by atoms with Gasteiger partial charge < -0.3 is 10.1 Å². The van der Waals surface area contributed by atoms with Gasteiger partial charge in [-0.1, -0.05) is 45.8 Å². The number of ether oxygens (including phenoxy) is 1. The second kappa shape index (κ2) is 8.79. The second-order valence-corrected chi connectivity index (χ2v) is 6.90. The van der Waals surface area contributed by atoms with E-state index >= 15 is 0 Å². The van der Waals surface area contributed by atoms with E-state index in [0.717, 1.165) is 28.9 Å². The van der Waals surface area contributed by atoms with Crippen molar-refractivity contribution in [3.63, 3.8) is 0 Å². The topological polar surface area (TPSA) is 34.1 Å². The quantitative estimate of drug-likeness (QED) is 0.608. The minimum Gasteiger partial charge on any atom is -0.489 e. The summed E-state index contributed by atoms with van der Waals surface area (Å²) in [6.45, 7) is 4.20. The van der Waals surface area contributed by atoms with Gasteiger partial charge in [-0.15, -0.1) is 0 Å². The van der Waals surface area contributed by atoms with Gasteiger partial charge in [0.1, 0.15) is 12.4 Å². The average Bonchev–Trinajstić information content (AvgIpc) is 2.62. The van der Waals surface area contributed by atoms with Crippen LogP contribution in [0.25, 0.3) is 0 Å². The van der Waals surface area contributed by atoms with E-state index in [1.54, 1.807) is 0 Å². The highest BCUT2D eigenvalue weighted by Gasteiger charge is 2.06. The summed E-state index contributed by atoms with van der Waals surface area (Å²) < 4.78 is 7.12. The van der Waals surface area contributed by atoms with E-state index < -0.39 is 0 Å². The number of benzene rings is 2. The van der Waals surface area contributed by atoms with Crippen molar-refractivity contribution in [1.82, 2.24) is 10.3 Å². The molecule has 0 amide bonds. The second-order valence-electron chi connectivity index (χ2n) is 5.99. The SMILES string of the molecule is Cc1cccc(COc2ccc(Br)cc2CNCc2ccncc2)c1. The number of hydrogen-bond acceptors (Lipinski definition) is 3.